The van der Waals surface area contributed by atoms with Gasteiger partial charge in [0.25, 0.3) is 0 Å². The number of carbonyl (C=O) groups excluding carboxylic acids is 2. The summed E-state index contributed by atoms with van der Waals surface area (Å²) in [7, 11) is 0. The van der Waals surface area contributed by atoms with Gasteiger partial charge in [-0.25, -0.2) is 0 Å². The van der Waals surface area contributed by atoms with E-state index in [1.54, 1.807) is 4.90 Å². The number of alkyl halides is 1. The van der Waals surface area contributed by atoms with E-state index < -0.39 is 0 Å². The summed E-state index contributed by atoms with van der Waals surface area (Å²) < 4.78 is 0. The zero-order valence-electron chi connectivity index (χ0n) is 8.54. The first-order chi connectivity index (χ1) is 7.18. The second kappa shape index (κ2) is 4.39. The van der Waals surface area contributed by atoms with E-state index in [0.29, 0.717) is 13.0 Å². The minimum absolute atomic E-state index is 0.0112. The number of hydrogen-bond donors (Lipinski definition) is 1. The van der Waals surface area contributed by atoms with Crippen molar-refractivity contribution in [2.75, 3.05) is 13.1 Å². The van der Waals surface area contributed by atoms with Gasteiger partial charge >= 0.3 is 0 Å². The lowest BCUT2D eigenvalue weighted by atomic mass is 10.1. The van der Waals surface area contributed by atoms with Crippen LogP contribution < -0.4 is 5.32 Å². The van der Waals surface area contributed by atoms with Gasteiger partial charge in [0.1, 0.15) is 6.04 Å². The Morgan fingerprint density at radius 3 is 2.80 bits per heavy atom. The second-order valence-corrected chi connectivity index (χ2v) is 4.77. The van der Waals surface area contributed by atoms with E-state index in [-0.39, 0.29) is 23.2 Å². The summed E-state index contributed by atoms with van der Waals surface area (Å²) in [5, 5.41) is 2.70. The molecule has 0 spiro atoms. The monoisotopic (exact) mass is 230 g/mol. The van der Waals surface area contributed by atoms with Crippen LogP contribution in [-0.2, 0) is 9.59 Å². The van der Waals surface area contributed by atoms with Crippen LogP contribution in [0.5, 0.6) is 0 Å². The third-order valence-corrected chi connectivity index (χ3v) is 3.29. The Labute approximate surface area is 93.9 Å². The Kier molecular flexibility index (Phi) is 3.14. The van der Waals surface area contributed by atoms with Crippen LogP contribution in [-0.4, -0.2) is 41.2 Å². The molecule has 2 fully saturated rings. The highest BCUT2D eigenvalue weighted by Gasteiger charge is 2.36. The minimum atomic E-state index is -0.288. The Morgan fingerprint density at radius 2 is 2.13 bits per heavy atom. The summed E-state index contributed by atoms with van der Waals surface area (Å²) in [6, 6.07) is -0.288. The van der Waals surface area contributed by atoms with E-state index in [0.717, 1.165) is 25.8 Å². The standard InChI is InChI=1S/C10H15ClN2O2/c11-7-5-9(14)13(6-7)8-3-1-2-4-12-10(8)15/h7-8H,1-6H2,(H,12,15). The fourth-order valence-corrected chi connectivity index (χ4v) is 2.49. The number of rotatable bonds is 1. The normalized spacial score (nSPS) is 32.7. The highest BCUT2D eigenvalue weighted by molar-refractivity contribution is 6.22. The van der Waals surface area contributed by atoms with Gasteiger partial charge in [0.2, 0.25) is 11.8 Å². The highest BCUT2D eigenvalue weighted by atomic mass is 35.5. The molecule has 2 unspecified atom stereocenters. The van der Waals surface area contributed by atoms with Crippen molar-refractivity contribution in [3.63, 3.8) is 0 Å². The number of likely N-dealkylation sites (tertiary alicyclic amines) is 1. The molecule has 4 nitrogen and oxygen atoms in total. The first-order valence-corrected chi connectivity index (χ1v) is 5.83. The van der Waals surface area contributed by atoms with Crippen molar-refractivity contribution >= 4 is 23.4 Å². The summed E-state index contributed by atoms with van der Waals surface area (Å²) in [5.41, 5.74) is 0. The summed E-state index contributed by atoms with van der Waals surface area (Å²) in [4.78, 5) is 24.9. The molecule has 2 aliphatic rings. The maximum absolute atomic E-state index is 11.7. The Morgan fingerprint density at radius 1 is 1.33 bits per heavy atom. The van der Waals surface area contributed by atoms with Crippen molar-refractivity contribution in [3.8, 4) is 0 Å². The third-order valence-electron chi connectivity index (χ3n) is 2.99. The average molecular weight is 231 g/mol. The van der Waals surface area contributed by atoms with Gasteiger partial charge in [-0.05, 0) is 19.3 Å². The molecule has 0 aromatic rings. The Balaban J connectivity index is 2.07. The van der Waals surface area contributed by atoms with E-state index in [4.69, 9.17) is 11.6 Å². The van der Waals surface area contributed by atoms with Crippen LogP contribution in [0.2, 0.25) is 0 Å². The average Bonchev–Trinajstić information content (AvgIpc) is 2.39. The van der Waals surface area contributed by atoms with Crippen LogP contribution in [0.15, 0.2) is 0 Å². The van der Waals surface area contributed by atoms with Crippen molar-refractivity contribution in [1.82, 2.24) is 10.2 Å². The van der Waals surface area contributed by atoms with Crippen molar-refractivity contribution in [1.29, 1.82) is 0 Å². The number of nitrogens with zero attached hydrogens (tertiary/aromatic N) is 1. The fourth-order valence-electron chi connectivity index (χ4n) is 2.21. The Bertz CT molecular complexity index is 283. The van der Waals surface area contributed by atoms with Gasteiger partial charge in [-0.15, -0.1) is 11.6 Å². The molecule has 84 valence electrons. The molecule has 0 bridgehead atoms. The van der Waals surface area contributed by atoms with E-state index >= 15 is 0 Å². The smallest absolute Gasteiger partial charge is 0.242 e. The van der Waals surface area contributed by atoms with Crippen LogP contribution in [0.1, 0.15) is 25.7 Å². The lowest BCUT2D eigenvalue weighted by Crippen LogP contribution is -2.46. The van der Waals surface area contributed by atoms with Crippen molar-refractivity contribution in [3.05, 3.63) is 0 Å². The van der Waals surface area contributed by atoms with E-state index in [9.17, 15) is 9.59 Å². The molecule has 0 saturated carbocycles. The van der Waals surface area contributed by atoms with E-state index in [1.165, 1.54) is 0 Å². The number of nitrogens with one attached hydrogen (secondary N) is 1. The molecule has 2 aliphatic heterocycles. The van der Waals surface area contributed by atoms with E-state index in [2.05, 4.69) is 5.32 Å². The molecule has 5 heteroatoms. The van der Waals surface area contributed by atoms with Crippen LogP contribution in [0.3, 0.4) is 0 Å². The number of carbonyl (C=O) groups is 2. The molecule has 1 N–H and O–H groups in total. The molecule has 0 aromatic heterocycles. The van der Waals surface area contributed by atoms with Gasteiger partial charge in [0.05, 0.1) is 5.38 Å². The van der Waals surface area contributed by atoms with Crippen molar-refractivity contribution in [2.45, 2.75) is 37.1 Å². The first kappa shape index (κ1) is 10.7. The molecule has 15 heavy (non-hydrogen) atoms. The molecule has 0 aromatic carbocycles. The van der Waals surface area contributed by atoms with Crippen LogP contribution in [0.4, 0.5) is 0 Å². The lowest BCUT2D eigenvalue weighted by Gasteiger charge is -2.25. The summed E-state index contributed by atoms with van der Waals surface area (Å²) in [6.07, 6.45) is 3.11. The lowest BCUT2D eigenvalue weighted by molar-refractivity contribution is -0.137. The molecule has 2 heterocycles. The quantitative estimate of drug-likeness (QED) is 0.667. The highest BCUT2D eigenvalue weighted by Crippen LogP contribution is 2.22. The largest absolute Gasteiger partial charge is 0.354 e. The van der Waals surface area contributed by atoms with Crippen LogP contribution >= 0.6 is 11.6 Å². The zero-order chi connectivity index (χ0) is 10.8. The van der Waals surface area contributed by atoms with Gasteiger partial charge < -0.3 is 10.2 Å². The molecule has 2 atom stereocenters. The molecular weight excluding hydrogens is 216 g/mol. The maximum Gasteiger partial charge on any atom is 0.242 e. The van der Waals surface area contributed by atoms with Gasteiger partial charge in [-0.3, -0.25) is 9.59 Å². The predicted octanol–water partition coefficient (Wildman–Crippen LogP) is 0.495. The SMILES string of the molecule is O=C1NCCCCC1N1CC(Cl)CC1=O. The molecule has 0 radical (unpaired) electrons. The summed E-state index contributed by atoms with van der Waals surface area (Å²) in [5.74, 6) is -0.0105. The number of halogens is 1. The maximum atomic E-state index is 11.7. The summed E-state index contributed by atoms with van der Waals surface area (Å²) >= 11 is 5.92. The molecule has 0 aliphatic carbocycles. The van der Waals surface area contributed by atoms with E-state index in [1.807, 2.05) is 0 Å². The Hall–Kier alpha value is -0.770. The molecule has 2 amide bonds. The fraction of sp³-hybridized carbons (Fsp3) is 0.800. The number of amides is 2. The van der Waals surface area contributed by atoms with Crippen molar-refractivity contribution < 1.29 is 9.59 Å². The van der Waals surface area contributed by atoms with Gasteiger partial charge in [0.15, 0.2) is 0 Å². The predicted molar refractivity (Wildman–Crippen MR) is 56.6 cm³/mol. The topological polar surface area (TPSA) is 49.4 Å². The summed E-state index contributed by atoms with van der Waals surface area (Å²) in [6.45, 7) is 1.24. The molecule has 2 saturated heterocycles. The van der Waals surface area contributed by atoms with Gasteiger partial charge in [-0.2, -0.15) is 0 Å². The first-order valence-electron chi connectivity index (χ1n) is 5.40. The third kappa shape index (κ3) is 2.25. The van der Waals surface area contributed by atoms with Gasteiger partial charge in [-0.1, -0.05) is 0 Å². The molecular formula is C10H15ClN2O2. The van der Waals surface area contributed by atoms with Crippen LogP contribution in [0, 0.1) is 0 Å². The second-order valence-electron chi connectivity index (χ2n) is 4.15. The number of hydrogen-bond acceptors (Lipinski definition) is 2. The van der Waals surface area contributed by atoms with Crippen molar-refractivity contribution in [2.24, 2.45) is 0 Å². The van der Waals surface area contributed by atoms with Crippen LogP contribution in [0.25, 0.3) is 0 Å². The zero-order valence-corrected chi connectivity index (χ0v) is 9.29. The molecule has 2 rings (SSSR count). The minimum Gasteiger partial charge on any atom is -0.354 e. The van der Waals surface area contributed by atoms with Gasteiger partial charge in [0, 0.05) is 19.5 Å².